The number of nitrogens with zero attached hydrogens (tertiary/aromatic N) is 2. The van der Waals surface area contributed by atoms with Gasteiger partial charge in [-0.25, -0.2) is 14.6 Å². The van der Waals surface area contributed by atoms with Gasteiger partial charge in [-0.1, -0.05) is 25.1 Å². The number of ether oxygens (including phenoxy) is 1. The molecule has 0 saturated heterocycles. The summed E-state index contributed by atoms with van der Waals surface area (Å²) in [4.78, 5) is 66.0. The summed E-state index contributed by atoms with van der Waals surface area (Å²) in [5.41, 5.74) is 6.78. The van der Waals surface area contributed by atoms with E-state index in [2.05, 4.69) is 5.32 Å². The lowest BCUT2D eigenvalue weighted by molar-refractivity contribution is -0.172. The maximum Gasteiger partial charge on any atom is 0.343 e. The number of fused-ring (bicyclic) bond motifs is 5. The number of carboxylic acids is 2. The highest BCUT2D eigenvalue weighted by Gasteiger charge is 2.45. The molecule has 2 aliphatic heterocycles. The van der Waals surface area contributed by atoms with Gasteiger partial charge in [0.1, 0.15) is 18.7 Å². The van der Waals surface area contributed by atoms with Crippen molar-refractivity contribution < 1.29 is 39.2 Å². The number of hydrogen-bond acceptors (Lipinski definition) is 10. The van der Waals surface area contributed by atoms with Crippen LogP contribution in [0.25, 0.3) is 22.3 Å². The van der Waals surface area contributed by atoms with Gasteiger partial charge in [0.15, 0.2) is 5.60 Å². The quantitative estimate of drug-likeness (QED) is 0.151. The molecule has 2 aromatic heterocycles. The number of aliphatic hydroxyl groups is 1. The van der Waals surface area contributed by atoms with Crippen molar-refractivity contribution in [2.24, 2.45) is 5.73 Å². The van der Waals surface area contributed by atoms with Crippen molar-refractivity contribution in [3.05, 3.63) is 62.9 Å². The van der Waals surface area contributed by atoms with Gasteiger partial charge in [0.25, 0.3) is 5.56 Å². The van der Waals surface area contributed by atoms with E-state index in [-0.39, 0.29) is 54.9 Å². The predicted octanol–water partition coefficient (Wildman–Crippen LogP) is 1.07. The van der Waals surface area contributed by atoms with Crippen LogP contribution in [0.5, 0.6) is 0 Å². The third kappa shape index (κ3) is 5.48. The van der Waals surface area contributed by atoms with Crippen LogP contribution < -0.4 is 16.6 Å². The van der Waals surface area contributed by atoms with Crippen LogP contribution >= 0.6 is 11.8 Å². The maximum atomic E-state index is 13.6. The Hall–Kier alpha value is -4.27. The Morgan fingerprint density at radius 1 is 1.19 bits per heavy atom. The van der Waals surface area contributed by atoms with Gasteiger partial charge in [0.05, 0.1) is 29.0 Å². The molecule has 3 aromatic rings. The summed E-state index contributed by atoms with van der Waals surface area (Å²) in [7, 11) is 0. The summed E-state index contributed by atoms with van der Waals surface area (Å²) in [6.45, 7) is 1.58. The van der Waals surface area contributed by atoms with E-state index >= 15 is 0 Å². The van der Waals surface area contributed by atoms with Crippen molar-refractivity contribution >= 4 is 46.5 Å². The number of aliphatic carboxylic acids is 2. The first-order valence-electron chi connectivity index (χ1n) is 13.6. The first-order chi connectivity index (χ1) is 20.5. The minimum absolute atomic E-state index is 0.0155. The van der Waals surface area contributed by atoms with Crippen molar-refractivity contribution in [2.75, 3.05) is 5.75 Å². The third-order valence-electron chi connectivity index (χ3n) is 7.88. The number of hydrogen-bond donors (Lipinski definition) is 5. The molecule has 4 heterocycles. The number of rotatable bonds is 11. The molecule has 6 N–H and O–H groups in total. The zero-order valence-corrected chi connectivity index (χ0v) is 24.0. The number of esters is 1. The molecule has 0 spiro atoms. The van der Waals surface area contributed by atoms with Gasteiger partial charge in [0.2, 0.25) is 5.91 Å². The summed E-state index contributed by atoms with van der Waals surface area (Å²) in [6.07, 6.45) is -0.338. The number of pyridine rings is 2. The fourth-order valence-corrected chi connectivity index (χ4v) is 6.52. The topological polar surface area (TPSA) is 211 Å². The molecular weight excluding hydrogens is 580 g/mol. The lowest BCUT2D eigenvalue weighted by atomic mass is 9.86. The highest BCUT2D eigenvalue weighted by molar-refractivity contribution is 7.98. The average Bonchev–Trinajstić information content (AvgIpc) is 3.35. The molecule has 13 nitrogen and oxygen atoms in total. The molecule has 2 aliphatic rings. The Morgan fingerprint density at radius 3 is 2.63 bits per heavy atom. The molecule has 226 valence electrons. The number of amides is 1. The monoisotopic (exact) mass is 610 g/mol. The third-order valence-corrected chi connectivity index (χ3v) is 8.94. The maximum absolute atomic E-state index is 13.6. The van der Waals surface area contributed by atoms with Crippen LogP contribution in [0.15, 0.2) is 35.1 Å². The molecular formula is C29H30N4O9S. The molecule has 1 aromatic carbocycles. The van der Waals surface area contributed by atoms with E-state index in [1.807, 2.05) is 24.3 Å². The molecule has 0 saturated carbocycles. The van der Waals surface area contributed by atoms with Gasteiger partial charge < -0.3 is 35.7 Å². The molecule has 0 aliphatic carbocycles. The first kappa shape index (κ1) is 30.2. The molecule has 5 rings (SSSR count). The van der Waals surface area contributed by atoms with E-state index in [1.165, 1.54) is 11.8 Å². The number of cyclic esters (lactones) is 1. The van der Waals surface area contributed by atoms with Gasteiger partial charge >= 0.3 is 17.9 Å². The minimum Gasteiger partial charge on any atom is -0.480 e. The summed E-state index contributed by atoms with van der Waals surface area (Å²) in [6, 6.07) is 6.57. The van der Waals surface area contributed by atoms with Gasteiger partial charge in [-0.3, -0.25) is 14.4 Å². The number of carboxylic acid groups (broad SMARTS) is 2. The first-order valence-corrected chi connectivity index (χ1v) is 14.8. The number of carbonyl (C=O) groups excluding carboxylic acids is 2. The van der Waals surface area contributed by atoms with Gasteiger partial charge in [-0.15, -0.1) is 0 Å². The van der Waals surface area contributed by atoms with Crippen molar-refractivity contribution in [3.63, 3.8) is 0 Å². The van der Waals surface area contributed by atoms with E-state index in [0.717, 1.165) is 16.5 Å². The SMILES string of the molecule is CC[C@@]1(O)C(=O)OCc2c1cc1n(c2=O)Cc2c-1nc1ccccc1c2CSCC(NC(=O)CCC(N)C(=O)O)C(=O)O. The number of thioether (sulfide) groups is 1. The van der Waals surface area contributed by atoms with Crippen molar-refractivity contribution in [1.82, 2.24) is 14.9 Å². The lowest BCUT2D eigenvalue weighted by Crippen LogP contribution is -2.44. The van der Waals surface area contributed by atoms with E-state index in [4.69, 9.17) is 20.6 Å². The molecule has 1 amide bonds. The summed E-state index contributed by atoms with van der Waals surface area (Å²) in [5, 5.41) is 33.0. The van der Waals surface area contributed by atoms with E-state index in [9.17, 15) is 34.2 Å². The Labute approximate surface area is 249 Å². The van der Waals surface area contributed by atoms with Crippen LogP contribution in [0.3, 0.4) is 0 Å². The molecule has 0 fully saturated rings. The highest BCUT2D eigenvalue weighted by Crippen LogP contribution is 2.41. The Kier molecular flexibility index (Phi) is 8.27. The smallest absolute Gasteiger partial charge is 0.343 e. The Bertz CT molecular complexity index is 1720. The van der Waals surface area contributed by atoms with E-state index in [0.29, 0.717) is 22.7 Å². The lowest BCUT2D eigenvalue weighted by Gasteiger charge is -2.31. The second kappa shape index (κ2) is 11.8. The van der Waals surface area contributed by atoms with Crippen LogP contribution in [0.4, 0.5) is 0 Å². The van der Waals surface area contributed by atoms with Crippen LogP contribution in [0.1, 0.15) is 48.4 Å². The van der Waals surface area contributed by atoms with Crippen LogP contribution in [0.2, 0.25) is 0 Å². The van der Waals surface area contributed by atoms with E-state index < -0.39 is 41.5 Å². The van der Waals surface area contributed by atoms with Crippen molar-refractivity contribution in [1.29, 1.82) is 0 Å². The molecule has 14 heteroatoms. The number of para-hydroxylation sites is 1. The Balaban J connectivity index is 1.44. The van der Waals surface area contributed by atoms with E-state index in [1.54, 1.807) is 17.6 Å². The largest absolute Gasteiger partial charge is 0.480 e. The van der Waals surface area contributed by atoms with Crippen molar-refractivity contribution in [3.8, 4) is 11.4 Å². The molecule has 0 bridgehead atoms. The standard InChI is InChI=1S/C29H30N4O9S/c1-2-29(41)18-9-22-24-15(10-33(22)25(35)16(18)11-42-28(29)40)17(14-5-3-4-6-20(14)32-24)12-43-13-21(27(38)39)31-23(34)8-7-19(30)26(36)37/h3-6,9,19,21,41H,2,7-8,10-13,30H2,1H3,(H,31,34)(H,36,37)(H,38,39)/t19?,21?,29-/m0/s1. The highest BCUT2D eigenvalue weighted by atomic mass is 32.2. The van der Waals surface area contributed by atoms with Gasteiger partial charge in [-0.05, 0) is 30.5 Å². The normalized spacial score (nSPS) is 18.3. The number of nitrogens with two attached hydrogens (primary N) is 1. The summed E-state index contributed by atoms with van der Waals surface area (Å²) in [5.74, 6) is -3.56. The second-order valence-electron chi connectivity index (χ2n) is 10.5. The van der Waals surface area contributed by atoms with Crippen LogP contribution in [-0.2, 0) is 48.4 Å². The number of benzene rings is 1. The molecule has 2 unspecified atom stereocenters. The zero-order valence-electron chi connectivity index (χ0n) is 23.2. The molecule has 43 heavy (non-hydrogen) atoms. The molecule has 0 radical (unpaired) electrons. The zero-order chi connectivity index (χ0) is 31.1. The Morgan fingerprint density at radius 2 is 1.93 bits per heavy atom. The fraction of sp³-hybridized carbons (Fsp3) is 0.379. The van der Waals surface area contributed by atoms with Gasteiger partial charge in [-0.2, -0.15) is 11.8 Å². The minimum atomic E-state index is -1.95. The fourth-order valence-electron chi connectivity index (χ4n) is 5.41. The average molecular weight is 611 g/mol. The van der Waals surface area contributed by atoms with Crippen molar-refractivity contribution in [2.45, 2.75) is 62.8 Å². The number of aromatic nitrogens is 2. The number of carbonyl (C=O) groups is 4. The summed E-state index contributed by atoms with van der Waals surface area (Å²) < 4.78 is 6.69. The van der Waals surface area contributed by atoms with Crippen LogP contribution in [-0.4, -0.2) is 66.5 Å². The molecule has 3 atom stereocenters. The van der Waals surface area contributed by atoms with Gasteiger partial charge in [0, 0.05) is 34.4 Å². The number of nitrogens with one attached hydrogen (secondary N) is 1. The second-order valence-corrected chi connectivity index (χ2v) is 11.5. The van der Waals surface area contributed by atoms with Crippen LogP contribution in [0, 0.1) is 0 Å². The predicted molar refractivity (Wildman–Crippen MR) is 155 cm³/mol. The summed E-state index contributed by atoms with van der Waals surface area (Å²) >= 11 is 1.27.